The lowest BCUT2D eigenvalue weighted by Gasteiger charge is -2.27. The van der Waals surface area contributed by atoms with Crippen LogP contribution in [0.5, 0.6) is 0 Å². The molecule has 0 spiro atoms. The van der Waals surface area contributed by atoms with Gasteiger partial charge in [0, 0.05) is 18.7 Å². The molecular weight excluding hydrogens is 258 g/mol. The van der Waals surface area contributed by atoms with Crippen LogP contribution in [0.3, 0.4) is 0 Å². The lowest BCUT2D eigenvalue weighted by Crippen LogP contribution is -2.40. The van der Waals surface area contributed by atoms with E-state index in [1.807, 2.05) is 13.8 Å². The van der Waals surface area contributed by atoms with Crippen LogP contribution >= 0.6 is 0 Å². The third-order valence-corrected chi connectivity index (χ3v) is 2.91. The zero-order chi connectivity index (χ0) is 15.1. The molecule has 5 nitrogen and oxygen atoms in total. The first-order valence-corrected chi connectivity index (χ1v) is 6.55. The molecule has 0 saturated carbocycles. The van der Waals surface area contributed by atoms with E-state index in [4.69, 9.17) is 4.42 Å². The van der Waals surface area contributed by atoms with Crippen LogP contribution in [-0.4, -0.2) is 36.5 Å². The van der Waals surface area contributed by atoms with Crippen molar-refractivity contribution < 1.29 is 18.7 Å². The van der Waals surface area contributed by atoms with Gasteiger partial charge in [0.15, 0.2) is 0 Å². The smallest absolute Gasteiger partial charge is 0.310 e. The second-order valence-corrected chi connectivity index (χ2v) is 4.86. The minimum absolute atomic E-state index is 0.00384. The second kappa shape index (κ2) is 7.53. The molecule has 0 N–H and O–H groups in total. The van der Waals surface area contributed by atoms with Crippen molar-refractivity contribution in [2.75, 3.05) is 13.7 Å². The Balaban J connectivity index is 2.70. The molecule has 0 saturated heterocycles. The largest absolute Gasteiger partial charge is 0.469 e. The monoisotopic (exact) mass is 279 g/mol. The number of methoxy groups -OCH3 is 1. The summed E-state index contributed by atoms with van der Waals surface area (Å²) in [4.78, 5) is 25.2. The number of carbonyl (C=O) groups is 2. The van der Waals surface area contributed by atoms with Crippen molar-refractivity contribution in [3.8, 4) is 0 Å². The Morgan fingerprint density at radius 2 is 2.10 bits per heavy atom. The number of hydrogen-bond donors (Lipinski definition) is 0. The highest BCUT2D eigenvalue weighted by Crippen LogP contribution is 2.09. The molecule has 0 aliphatic carbocycles. The van der Waals surface area contributed by atoms with E-state index in [0.717, 1.165) is 0 Å². The van der Waals surface area contributed by atoms with Gasteiger partial charge in [-0.05, 0) is 32.1 Å². The van der Waals surface area contributed by atoms with E-state index in [1.54, 1.807) is 36.3 Å². The second-order valence-electron chi connectivity index (χ2n) is 4.86. The van der Waals surface area contributed by atoms with Crippen molar-refractivity contribution in [2.24, 2.45) is 5.92 Å². The van der Waals surface area contributed by atoms with Gasteiger partial charge < -0.3 is 14.1 Å². The Bertz CT molecular complexity index is 462. The number of carbonyl (C=O) groups excluding carboxylic acids is 2. The van der Waals surface area contributed by atoms with Crippen molar-refractivity contribution >= 4 is 18.0 Å². The van der Waals surface area contributed by atoms with Crippen molar-refractivity contribution in [1.82, 2.24) is 4.90 Å². The van der Waals surface area contributed by atoms with Crippen LogP contribution in [0.4, 0.5) is 0 Å². The van der Waals surface area contributed by atoms with Crippen LogP contribution in [-0.2, 0) is 14.3 Å². The van der Waals surface area contributed by atoms with Gasteiger partial charge in [-0.3, -0.25) is 9.59 Å². The third kappa shape index (κ3) is 4.57. The number of nitrogens with zero attached hydrogens (tertiary/aromatic N) is 1. The molecule has 1 amide bonds. The maximum absolute atomic E-state index is 12.2. The molecule has 1 rings (SSSR count). The summed E-state index contributed by atoms with van der Waals surface area (Å²) in [7, 11) is 1.34. The molecule has 1 atom stereocenters. The van der Waals surface area contributed by atoms with Gasteiger partial charge in [0.2, 0.25) is 5.91 Å². The minimum Gasteiger partial charge on any atom is -0.469 e. The molecule has 1 heterocycles. The molecule has 1 unspecified atom stereocenters. The van der Waals surface area contributed by atoms with Crippen LogP contribution in [0, 0.1) is 5.92 Å². The number of amides is 1. The van der Waals surface area contributed by atoms with E-state index >= 15 is 0 Å². The van der Waals surface area contributed by atoms with Crippen molar-refractivity contribution in [3.05, 3.63) is 30.2 Å². The molecule has 5 heteroatoms. The molecule has 1 aromatic heterocycles. The van der Waals surface area contributed by atoms with E-state index in [-0.39, 0.29) is 23.8 Å². The summed E-state index contributed by atoms with van der Waals surface area (Å²) in [5.41, 5.74) is 0. The van der Waals surface area contributed by atoms with Gasteiger partial charge in [-0.2, -0.15) is 0 Å². The molecule has 0 fully saturated rings. The van der Waals surface area contributed by atoms with Gasteiger partial charge in [0.1, 0.15) is 5.76 Å². The van der Waals surface area contributed by atoms with Gasteiger partial charge in [-0.25, -0.2) is 0 Å². The first-order valence-electron chi connectivity index (χ1n) is 6.55. The van der Waals surface area contributed by atoms with Crippen molar-refractivity contribution in [2.45, 2.75) is 26.8 Å². The zero-order valence-corrected chi connectivity index (χ0v) is 12.3. The molecule has 0 aliphatic heterocycles. The fourth-order valence-corrected chi connectivity index (χ4v) is 1.76. The summed E-state index contributed by atoms with van der Waals surface area (Å²) in [5.74, 6) is -0.225. The lowest BCUT2D eigenvalue weighted by molar-refractivity contribution is -0.146. The highest BCUT2D eigenvalue weighted by atomic mass is 16.5. The van der Waals surface area contributed by atoms with Crippen LogP contribution in [0.2, 0.25) is 0 Å². The lowest BCUT2D eigenvalue weighted by atomic mass is 10.1. The molecule has 110 valence electrons. The Labute approximate surface area is 119 Å². The van der Waals surface area contributed by atoms with Gasteiger partial charge in [-0.15, -0.1) is 0 Å². The quantitative estimate of drug-likeness (QED) is 0.592. The van der Waals surface area contributed by atoms with Crippen LogP contribution in [0.25, 0.3) is 6.08 Å². The molecule has 0 aliphatic rings. The third-order valence-electron chi connectivity index (χ3n) is 2.91. The highest BCUT2D eigenvalue weighted by Gasteiger charge is 2.22. The fraction of sp³-hybridized carbons (Fsp3) is 0.467. The maximum Gasteiger partial charge on any atom is 0.310 e. The van der Waals surface area contributed by atoms with Crippen molar-refractivity contribution in [3.63, 3.8) is 0 Å². The Morgan fingerprint density at radius 3 is 2.60 bits per heavy atom. The number of rotatable bonds is 6. The van der Waals surface area contributed by atoms with E-state index in [9.17, 15) is 9.59 Å². The number of ether oxygens (including phenoxy) is 1. The normalized spacial score (nSPS) is 12.7. The predicted molar refractivity (Wildman–Crippen MR) is 75.8 cm³/mol. The van der Waals surface area contributed by atoms with Gasteiger partial charge in [0.05, 0.1) is 19.3 Å². The standard InChI is InChI=1S/C15H21NO4/c1-11(2)16(10-12(3)15(18)19-4)14(17)8-7-13-6-5-9-20-13/h5-9,11-12H,10H2,1-4H3/b8-7+. The van der Waals surface area contributed by atoms with Gasteiger partial charge in [-0.1, -0.05) is 6.92 Å². The van der Waals surface area contributed by atoms with Crippen LogP contribution < -0.4 is 0 Å². The average Bonchev–Trinajstić information content (AvgIpc) is 2.93. The van der Waals surface area contributed by atoms with E-state index < -0.39 is 0 Å². The maximum atomic E-state index is 12.2. The first-order chi connectivity index (χ1) is 9.45. The Hall–Kier alpha value is -2.04. The first kappa shape index (κ1) is 16.0. The molecule has 0 aromatic carbocycles. The molecule has 0 radical (unpaired) electrons. The molecule has 1 aromatic rings. The summed E-state index contributed by atoms with van der Waals surface area (Å²) in [5, 5.41) is 0. The number of furan rings is 1. The minimum atomic E-state index is -0.358. The number of hydrogen-bond acceptors (Lipinski definition) is 4. The summed E-state index contributed by atoms with van der Waals surface area (Å²) >= 11 is 0. The van der Waals surface area contributed by atoms with Crippen LogP contribution in [0.1, 0.15) is 26.5 Å². The Morgan fingerprint density at radius 1 is 1.40 bits per heavy atom. The summed E-state index contributed by atoms with van der Waals surface area (Å²) in [6, 6.07) is 3.51. The fourth-order valence-electron chi connectivity index (χ4n) is 1.76. The Kier molecular flexibility index (Phi) is 6.03. The van der Waals surface area contributed by atoms with E-state index in [0.29, 0.717) is 12.3 Å². The van der Waals surface area contributed by atoms with Crippen LogP contribution in [0.15, 0.2) is 28.9 Å². The molecule has 20 heavy (non-hydrogen) atoms. The van der Waals surface area contributed by atoms with E-state index in [2.05, 4.69) is 4.74 Å². The molecular formula is C15H21NO4. The average molecular weight is 279 g/mol. The number of esters is 1. The predicted octanol–water partition coefficient (Wildman–Crippen LogP) is 2.34. The zero-order valence-electron chi connectivity index (χ0n) is 12.3. The summed E-state index contributed by atoms with van der Waals surface area (Å²) < 4.78 is 9.81. The molecule has 0 bridgehead atoms. The van der Waals surface area contributed by atoms with Gasteiger partial charge >= 0.3 is 5.97 Å². The SMILES string of the molecule is COC(=O)C(C)CN(C(=O)/C=C/c1ccco1)C(C)C. The van der Waals surface area contributed by atoms with Gasteiger partial charge in [0.25, 0.3) is 0 Å². The summed E-state index contributed by atoms with van der Waals surface area (Å²) in [6.07, 6.45) is 4.60. The van der Waals surface area contributed by atoms with Crippen molar-refractivity contribution in [1.29, 1.82) is 0 Å². The highest BCUT2D eigenvalue weighted by molar-refractivity contribution is 5.92. The topological polar surface area (TPSA) is 59.8 Å². The van der Waals surface area contributed by atoms with E-state index in [1.165, 1.54) is 13.2 Å². The summed E-state index contributed by atoms with van der Waals surface area (Å²) in [6.45, 7) is 5.88.